The Hall–Kier alpha value is -2.17. The van der Waals surface area contributed by atoms with Crippen molar-refractivity contribution in [1.29, 1.82) is 0 Å². The molecule has 106 valence electrons. The van der Waals surface area contributed by atoms with E-state index in [-0.39, 0.29) is 10.6 Å². The summed E-state index contributed by atoms with van der Waals surface area (Å²) in [5.41, 5.74) is 1.16. The molecule has 0 amide bonds. The highest BCUT2D eigenvalue weighted by Crippen LogP contribution is 2.32. The number of fused-ring (bicyclic) bond motifs is 1. The fraction of sp³-hybridized carbons (Fsp3) is 0.400. The highest BCUT2D eigenvalue weighted by Gasteiger charge is 2.16. The molecular weight excluding hydrogens is 254 g/mol. The number of anilines is 1. The molecule has 0 saturated carbocycles. The number of rotatable bonds is 6. The first-order valence-electron chi connectivity index (χ1n) is 6.95. The van der Waals surface area contributed by atoms with Gasteiger partial charge in [-0.3, -0.25) is 15.1 Å². The second-order valence-corrected chi connectivity index (χ2v) is 4.72. The van der Waals surface area contributed by atoms with Crippen molar-refractivity contribution in [1.82, 2.24) is 4.98 Å². The second-order valence-electron chi connectivity index (χ2n) is 4.72. The third-order valence-electron chi connectivity index (χ3n) is 3.47. The lowest BCUT2D eigenvalue weighted by Crippen LogP contribution is -2.24. The molecule has 1 aromatic heterocycles. The van der Waals surface area contributed by atoms with Gasteiger partial charge in [0.25, 0.3) is 5.69 Å². The van der Waals surface area contributed by atoms with Crippen molar-refractivity contribution in [3.63, 3.8) is 0 Å². The molecule has 1 aromatic carbocycles. The molecule has 2 rings (SSSR count). The van der Waals surface area contributed by atoms with Crippen molar-refractivity contribution in [3.05, 3.63) is 40.7 Å². The highest BCUT2D eigenvalue weighted by molar-refractivity contribution is 5.99. The molecule has 0 aliphatic rings. The van der Waals surface area contributed by atoms with Gasteiger partial charge in [-0.25, -0.2) is 0 Å². The number of hydrogen-bond donors (Lipinski definition) is 0. The zero-order valence-electron chi connectivity index (χ0n) is 11.9. The fourth-order valence-electron chi connectivity index (χ4n) is 2.39. The maximum atomic E-state index is 11.1. The number of aromatic nitrogens is 1. The number of nitro groups is 1. The molecule has 5 heteroatoms. The number of pyridine rings is 1. The summed E-state index contributed by atoms with van der Waals surface area (Å²) in [7, 11) is 0. The first-order chi connectivity index (χ1) is 9.69. The maximum absolute atomic E-state index is 11.1. The van der Waals surface area contributed by atoms with Gasteiger partial charge in [-0.15, -0.1) is 0 Å². The Kier molecular flexibility index (Phi) is 4.50. The molecule has 0 atom stereocenters. The highest BCUT2D eigenvalue weighted by atomic mass is 16.6. The third kappa shape index (κ3) is 2.71. The molecular formula is C15H19N3O2. The normalized spacial score (nSPS) is 10.7. The van der Waals surface area contributed by atoms with E-state index in [1.165, 1.54) is 0 Å². The molecule has 0 aliphatic carbocycles. The number of unbranched alkanes of at least 4 members (excludes halogenated alkanes) is 1. The summed E-state index contributed by atoms with van der Waals surface area (Å²) >= 11 is 0. The van der Waals surface area contributed by atoms with Crippen LogP contribution in [0.25, 0.3) is 10.8 Å². The van der Waals surface area contributed by atoms with Gasteiger partial charge in [0.05, 0.1) is 10.3 Å². The van der Waals surface area contributed by atoms with Gasteiger partial charge in [0.1, 0.15) is 0 Å². The van der Waals surface area contributed by atoms with Crippen molar-refractivity contribution in [2.24, 2.45) is 0 Å². The van der Waals surface area contributed by atoms with Crippen LogP contribution in [0.4, 0.5) is 11.4 Å². The van der Waals surface area contributed by atoms with E-state index in [1.807, 2.05) is 12.1 Å². The lowest BCUT2D eigenvalue weighted by atomic mass is 10.1. The third-order valence-corrected chi connectivity index (χ3v) is 3.47. The van der Waals surface area contributed by atoms with Gasteiger partial charge in [-0.1, -0.05) is 13.3 Å². The molecule has 0 radical (unpaired) electrons. The van der Waals surface area contributed by atoms with Crippen LogP contribution in [0.1, 0.15) is 26.7 Å². The van der Waals surface area contributed by atoms with E-state index in [2.05, 4.69) is 23.7 Å². The number of hydrogen-bond acceptors (Lipinski definition) is 4. The van der Waals surface area contributed by atoms with E-state index in [0.717, 1.165) is 37.0 Å². The molecule has 20 heavy (non-hydrogen) atoms. The van der Waals surface area contributed by atoms with Crippen LogP contribution in [0.15, 0.2) is 30.6 Å². The van der Waals surface area contributed by atoms with Crippen LogP contribution < -0.4 is 4.90 Å². The van der Waals surface area contributed by atoms with Gasteiger partial charge in [0, 0.05) is 42.6 Å². The van der Waals surface area contributed by atoms with Crippen molar-refractivity contribution in [2.75, 3.05) is 18.0 Å². The fourth-order valence-corrected chi connectivity index (χ4v) is 2.39. The molecule has 0 saturated heterocycles. The quantitative estimate of drug-likeness (QED) is 0.593. The Morgan fingerprint density at radius 1 is 1.25 bits per heavy atom. The van der Waals surface area contributed by atoms with Crippen LogP contribution in [-0.4, -0.2) is 23.0 Å². The predicted octanol–water partition coefficient (Wildman–Crippen LogP) is 3.77. The largest absolute Gasteiger partial charge is 0.371 e. The van der Waals surface area contributed by atoms with Crippen molar-refractivity contribution < 1.29 is 4.92 Å². The molecule has 0 aliphatic heterocycles. The maximum Gasteiger partial charge on any atom is 0.278 e. The monoisotopic (exact) mass is 273 g/mol. The van der Waals surface area contributed by atoms with Crippen LogP contribution in [0.5, 0.6) is 0 Å². The molecule has 1 heterocycles. The van der Waals surface area contributed by atoms with Crippen LogP contribution in [0.3, 0.4) is 0 Å². The average Bonchev–Trinajstić information content (AvgIpc) is 2.47. The van der Waals surface area contributed by atoms with E-state index in [1.54, 1.807) is 18.5 Å². The average molecular weight is 273 g/mol. The molecule has 0 spiro atoms. The zero-order valence-corrected chi connectivity index (χ0v) is 11.9. The van der Waals surface area contributed by atoms with E-state index >= 15 is 0 Å². The van der Waals surface area contributed by atoms with Crippen molar-refractivity contribution >= 4 is 22.1 Å². The second kappa shape index (κ2) is 6.32. The minimum absolute atomic E-state index is 0.114. The van der Waals surface area contributed by atoms with E-state index in [0.29, 0.717) is 5.39 Å². The topological polar surface area (TPSA) is 59.3 Å². The predicted molar refractivity (Wildman–Crippen MR) is 81.2 cm³/mol. The Bertz CT molecular complexity index is 613. The van der Waals surface area contributed by atoms with Crippen molar-refractivity contribution in [3.8, 4) is 0 Å². The van der Waals surface area contributed by atoms with Crippen molar-refractivity contribution in [2.45, 2.75) is 26.7 Å². The molecule has 0 bridgehead atoms. The minimum Gasteiger partial charge on any atom is -0.371 e. The first-order valence-corrected chi connectivity index (χ1v) is 6.95. The Balaban J connectivity index is 2.54. The molecule has 0 N–H and O–H groups in total. The van der Waals surface area contributed by atoms with Crippen LogP contribution >= 0.6 is 0 Å². The van der Waals surface area contributed by atoms with Gasteiger partial charge in [-0.2, -0.15) is 0 Å². The number of nitrogens with zero attached hydrogens (tertiary/aromatic N) is 3. The summed E-state index contributed by atoms with van der Waals surface area (Å²) in [4.78, 5) is 17.0. The van der Waals surface area contributed by atoms with E-state index in [9.17, 15) is 10.1 Å². The standard InChI is InChI=1S/C15H19N3O2/c1-3-5-10-17(4-2)14-6-7-15(18(19)20)13-11-16-9-8-12(13)14/h6-9,11H,3-5,10H2,1-2H3. The molecule has 0 fully saturated rings. The first kappa shape index (κ1) is 14.2. The lowest BCUT2D eigenvalue weighted by molar-refractivity contribution is -0.383. The summed E-state index contributed by atoms with van der Waals surface area (Å²) in [6.07, 6.45) is 5.49. The van der Waals surface area contributed by atoms with Crippen LogP contribution in [-0.2, 0) is 0 Å². The molecule has 5 nitrogen and oxygen atoms in total. The van der Waals surface area contributed by atoms with E-state index in [4.69, 9.17) is 0 Å². The Morgan fingerprint density at radius 3 is 2.70 bits per heavy atom. The van der Waals surface area contributed by atoms with Gasteiger partial charge in [0.2, 0.25) is 0 Å². The number of benzene rings is 1. The minimum atomic E-state index is -0.351. The number of nitro benzene ring substituents is 1. The number of non-ortho nitro benzene ring substituents is 1. The van der Waals surface area contributed by atoms with Gasteiger partial charge in [-0.05, 0) is 25.5 Å². The summed E-state index contributed by atoms with van der Waals surface area (Å²) < 4.78 is 0. The van der Waals surface area contributed by atoms with Gasteiger partial charge < -0.3 is 4.90 Å². The molecule has 0 unspecified atom stereocenters. The van der Waals surface area contributed by atoms with Crippen LogP contribution in [0.2, 0.25) is 0 Å². The lowest BCUT2D eigenvalue weighted by Gasteiger charge is -2.24. The van der Waals surface area contributed by atoms with E-state index < -0.39 is 0 Å². The van der Waals surface area contributed by atoms with Gasteiger partial charge in [0.15, 0.2) is 0 Å². The summed E-state index contributed by atoms with van der Waals surface area (Å²) in [5, 5.41) is 12.6. The SMILES string of the molecule is CCCCN(CC)c1ccc([N+](=O)[O-])c2cnccc12. The summed E-state index contributed by atoms with van der Waals surface area (Å²) in [6, 6.07) is 5.28. The summed E-state index contributed by atoms with van der Waals surface area (Å²) in [6.45, 7) is 6.10. The Morgan fingerprint density at radius 2 is 2.05 bits per heavy atom. The smallest absolute Gasteiger partial charge is 0.278 e. The Labute approximate surface area is 118 Å². The summed E-state index contributed by atoms with van der Waals surface area (Å²) in [5.74, 6) is 0. The molecule has 2 aromatic rings. The zero-order chi connectivity index (χ0) is 14.5. The van der Waals surface area contributed by atoms with Gasteiger partial charge >= 0.3 is 0 Å². The van der Waals surface area contributed by atoms with Crippen LogP contribution in [0, 0.1) is 10.1 Å².